The molecule has 0 bridgehead atoms. The summed E-state index contributed by atoms with van der Waals surface area (Å²) >= 11 is 0. The molecule has 1 fully saturated rings. The van der Waals surface area contributed by atoms with Crippen molar-refractivity contribution in [3.8, 4) is 0 Å². The third-order valence-corrected chi connectivity index (χ3v) is 3.72. The fourth-order valence-electron chi connectivity index (χ4n) is 2.58. The van der Waals surface area contributed by atoms with Gasteiger partial charge in [0.1, 0.15) is 0 Å². The molecule has 1 saturated carbocycles. The second-order valence-electron chi connectivity index (χ2n) is 4.89. The van der Waals surface area contributed by atoms with Gasteiger partial charge in [0.2, 0.25) is 0 Å². The third kappa shape index (κ3) is 2.75. The molecule has 0 heterocycles. The van der Waals surface area contributed by atoms with Gasteiger partial charge in [-0.05, 0) is 24.3 Å². The molecule has 3 atom stereocenters. The molecule has 7 heteroatoms. The fraction of sp³-hybridized carbons (Fsp3) is 0.462. The molecule has 4 N–H and O–H groups in total. The molecule has 0 radical (unpaired) electrons. The number of methoxy groups -OCH3 is 1. The quantitative estimate of drug-likeness (QED) is 0.571. The number of alkyl carbamates (subject to hydrolysis) is 1. The number of carbonyl (C=O) groups excluding carboxylic acids is 1. The number of hydrogen-bond acceptors (Lipinski definition) is 5. The summed E-state index contributed by atoms with van der Waals surface area (Å²) < 4.78 is 4.62. The summed E-state index contributed by atoms with van der Waals surface area (Å²) in [5, 5.41) is 30.9. The van der Waals surface area contributed by atoms with E-state index in [1.165, 1.54) is 13.2 Å². The van der Waals surface area contributed by atoms with Crippen molar-refractivity contribution in [2.24, 2.45) is 5.92 Å². The highest BCUT2D eigenvalue weighted by Crippen LogP contribution is 2.54. The van der Waals surface area contributed by atoms with E-state index in [1.54, 1.807) is 18.2 Å². The molecule has 0 aliphatic heterocycles. The van der Waals surface area contributed by atoms with Crippen molar-refractivity contribution in [3.05, 3.63) is 35.0 Å². The van der Waals surface area contributed by atoms with Gasteiger partial charge in [-0.3, -0.25) is 0 Å². The summed E-state index contributed by atoms with van der Waals surface area (Å²) in [6, 6.07) is 6.48. The summed E-state index contributed by atoms with van der Waals surface area (Å²) in [5.41, 5.74) is 0.255. The molecule has 1 unspecified atom stereocenters. The van der Waals surface area contributed by atoms with Crippen LogP contribution in [-0.4, -0.2) is 30.1 Å². The van der Waals surface area contributed by atoms with Crippen LogP contribution in [0.25, 0.3) is 0 Å². The Kier molecular flexibility index (Phi) is 4.24. The molecule has 0 spiro atoms. The number of aliphatic hydroxyl groups is 1. The normalized spacial score (nSPS) is 25.9. The molecule has 2 rings (SSSR count). The van der Waals surface area contributed by atoms with Crippen LogP contribution in [0.1, 0.15) is 18.4 Å². The number of quaternary nitrogens is 1. The molecule has 0 aromatic heterocycles. The largest absolute Gasteiger partial charge is 0.595 e. The predicted molar refractivity (Wildman–Crippen MR) is 69.2 cm³/mol. The van der Waals surface area contributed by atoms with E-state index in [0.29, 0.717) is 12.8 Å². The molecule has 1 aromatic rings. The Morgan fingerprint density at radius 2 is 2.40 bits per heavy atom. The topological polar surface area (TPSA) is 106 Å². The number of amides is 1. The van der Waals surface area contributed by atoms with Crippen molar-refractivity contribution < 1.29 is 25.1 Å². The van der Waals surface area contributed by atoms with Crippen molar-refractivity contribution in [1.29, 1.82) is 0 Å². The number of rotatable bonds is 5. The standard InChI is InChI=1S/C13H18N2O5/c1-20-12(17)14-13(8-10(13)5-6-16)9-3-2-4-11(7-9)15(18)19/h2-4,7,10,15-16,18H,5-6,8H2,1H3,(H,14,17)/t10-,13-/m1/s1. The predicted octanol–water partition coefficient (Wildman–Crippen LogP) is 0.0436. The zero-order chi connectivity index (χ0) is 14.8. The molecule has 110 valence electrons. The number of nitrogens with one attached hydrogen (secondary N) is 2. The monoisotopic (exact) mass is 282 g/mol. The Bertz CT molecular complexity index is 493. The van der Waals surface area contributed by atoms with Gasteiger partial charge in [0.15, 0.2) is 5.69 Å². The van der Waals surface area contributed by atoms with Crippen LogP contribution in [-0.2, 0) is 10.3 Å². The number of benzene rings is 1. The summed E-state index contributed by atoms with van der Waals surface area (Å²) in [6.45, 7) is 0.0217. The second-order valence-corrected chi connectivity index (χ2v) is 4.89. The van der Waals surface area contributed by atoms with Gasteiger partial charge in [-0.25, -0.2) is 10.0 Å². The van der Waals surface area contributed by atoms with E-state index in [-0.39, 0.29) is 18.2 Å². The van der Waals surface area contributed by atoms with E-state index >= 15 is 0 Å². The van der Waals surface area contributed by atoms with Crippen LogP contribution in [0, 0.1) is 11.1 Å². The van der Waals surface area contributed by atoms with E-state index < -0.39 is 16.9 Å². The summed E-state index contributed by atoms with van der Waals surface area (Å²) in [7, 11) is 1.28. The van der Waals surface area contributed by atoms with Crippen LogP contribution in [0.2, 0.25) is 0 Å². The first-order valence-electron chi connectivity index (χ1n) is 6.34. The van der Waals surface area contributed by atoms with E-state index in [1.807, 2.05) is 0 Å². The number of hydrogen-bond donors (Lipinski definition) is 4. The molecule has 0 saturated heterocycles. The average molecular weight is 282 g/mol. The van der Waals surface area contributed by atoms with E-state index in [4.69, 9.17) is 10.3 Å². The summed E-state index contributed by atoms with van der Waals surface area (Å²) in [6.07, 6.45) is 0.638. The van der Waals surface area contributed by atoms with E-state index in [2.05, 4.69) is 10.1 Å². The average Bonchev–Trinajstić information content (AvgIpc) is 3.13. The first-order valence-corrected chi connectivity index (χ1v) is 6.34. The zero-order valence-corrected chi connectivity index (χ0v) is 11.1. The van der Waals surface area contributed by atoms with Gasteiger partial charge in [-0.2, -0.15) is 5.23 Å². The van der Waals surface area contributed by atoms with Gasteiger partial charge in [0.25, 0.3) is 0 Å². The van der Waals surface area contributed by atoms with E-state index in [9.17, 15) is 10.0 Å². The highest BCUT2D eigenvalue weighted by molar-refractivity contribution is 5.69. The number of ether oxygens (including phenoxy) is 1. The van der Waals surface area contributed by atoms with Crippen LogP contribution in [0.15, 0.2) is 24.3 Å². The second kappa shape index (κ2) is 5.76. The van der Waals surface area contributed by atoms with Crippen molar-refractivity contribution >= 4 is 11.8 Å². The van der Waals surface area contributed by atoms with Crippen LogP contribution in [0.4, 0.5) is 10.5 Å². The van der Waals surface area contributed by atoms with Crippen molar-refractivity contribution in [2.45, 2.75) is 18.4 Å². The Hall–Kier alpha value is -1.67. The maximum absolute atomic E-state index is 11.5. The van der Waals surface area contributed by atoms with E-state index in [0.717, 1.165) is 5.56 Å². The van der Waals surface area contributed by atoms with Gasteiger partial charge >= 0.3 is 6.09 Å². The maximum atomic E-state index is 11.5. The minimum absolute atomic E-state index is 0.0217. The van der Waals surface area contributed by atoms with Gasteiger partial charge in [-0.15, -0.1) is 0 Å². The van der Waals surface area contributed by atoms with Gasteiger partial charge in [0, 0.05) is 18.7 Å². The first-order chi connectivity index (χ1) is 9.53. The SMILES string of the molecule is COC(=O)N[C@@]1(c2cccc([NH+]([O-])O)c2)C[C@H]1CCO. The lowest BCUT2D eigenvalue weighted by molar-refractivity contribution is -0.991. The lowest BCUT2D eigenvalue weighted by Crippen LogP contribution is -2.99. The Morgan fingerprint density at radius 3 is 3.00 bits per heavy atom. The minimum atomic E-state index is -1.01. The summed E-state index contributed by atoms with van der Waals surface area (Å²) in [5.74, 6) is 0.0793. The highest BCUT2D eigenvalue weighted by Gasteiger charge is 2.56. The van der Waals surface area contributed by atoms with Crippen LogP contribution in [0.3, 0.4) is 0 Å². The maximum Gasteiger partial charge on any atom is 0.407 e. The molecule has 20 heavy (non-hydrogen) atoms. The lowest BCUT2D eigenvalue weighted by Gasteiger charge is -2.21. The number of carbonyl (C=O) groups is 1. The highest BCUT2D eigenvalue weighted by atomic mass is 16.8. The summed E-state index contributed by atoms with van der Waals surface area (Å²) in [4.78, 5) is 11.5. The van der Waals surface area contributed by atoms with Crippen molar-refractivity contribution in [2.75, 3.05) is 13.7 Å². The smallest absolute Gasteiger partial charge is 0.407 e. The molecule has 1 aliphatic rings. The minimum Gasteiger partial charge on any atom is -0.595 e. The fourth-order valence-corrected chi connectivity index (χ4v) is 2.58. The molecule has 1 amide bonds. The van der Waals surface area contributed by atoms with Gasteiger partial charge < -0.3 is 20.4 Å². The van der Waals surface area contributed by atoms with Gasteiger partial charge in [-0.1, -0.05) is 12.1 Å². The lowest BCUT2D eigenvalue weighted by atomic mass is 10.0. The number of aliphatic hydroxyl groups excluding tert-OH is 1. The first kappa shape index (κ1) is 14.7. The van der Waals surface area contributed by atoms with Gasteiger partial charge in [0.05, 0.1) is 12.6 Å². The third-order valence-electron chi connectivity index (χ3n) is 3.72. The zero-order valence-electron chi connectivity index (χ0n) is 11.1. The van der Waals surface area contributed by atoms with Crippen LogP contribution in [0.5, 0.6) is 0 Å². The molecule has 1 aromatic carbocycles. The Balaban J connectivity index is 2.28. The van der Waals surface area contributed by atoms with Crippen LogP contribution >= 0.6 is 0 Å². The Labute approximate surface area is 116 Å². The molecule has 7 nitrogen and oxygen atoms in total. The molecule has 1 aliphatic carbocycles. The van der Waals surface area contributed by atoms with Crippen molar-refractivity contribution in [1.82, 2.24) is 5.32 Å². The van der Waals surface area contributed by atoms with Crippen molar-refractivity contribution in [3.63, 3.8) is 0 Å². The van der Waals surface area contributed by atoms with Crippen LogP contribution < -0.4 is 10.5 Å². The Morgan fingerprint density at radius 1 is 1.65 bits per heavy atom. The molecular weight excluding hydrogens is 264 g/mol. The molecular formula is C13H18N2O5.